The summed E-state index contributed by atoms with van der Waals surface area (Å²) in [5.74, 6) is -0.841. The molecule has 2 aromatic heterocycles. The summed E-state index contributed by atoms with van der Waals surface area (Å²) in [5.41, 5.74) is 1.64. The van der Waals surface area contributed by atoms with Crippen LogP contribution in [0.1, 0.15) is 68.3 Å². The molecular formula is C23H29N3O5. The number of carboxylic acid groups (broad SMARTS) is 1. The van der Waals surface area contributed by atoms with Crippen molar-refractivity contribution in [1.82, 2.24) is 15.0 Å². The van der Waals surface area contributed by atoms with Crippen molar-refractivity contribution < 1.29 is 24.2 Å². The van der Waals surface area contributed by atoms with Gasteiger partial charge in [-0.05, 0) is 66.4 Å². The summed E-state index contributed by atoms with van der Waals surface area (Å²) in [6, 6.07) is 3.54. The van der Waals surface area contributed by atoms with Gasteiger partial charge in [0.15, 0.2) is 5.69 Å². The Hall–Kier alpha value is -3.03. The number of aryl methyl sites for hydroxylation is 2. The van der Waals surface area contributed by atoms with Gasteiger partial charge in [0.25, 0.3) is 0 Å². The lowest BCUT2D eigenvalue weighted by atomic mass is 9.87. The number of carbonyl (C=O) groups is 2. The highest BCUT2D eigenvalue weighted by Crippen LogP contribution is 2.30. The summed E-state index contributed by atoms with van der Waals surface area (Å²) in [6.07, 6.45) is 4.59. The fourth-order valence-electron chi connectivity index (χ4n) is 3.67. The van der Waals surface area contributed by atoms with E-state index < -0.39 is 11.6 Å². The molecule has 0 spiro atoms. The van der Waals surface area contributed by atoms with Crippen molar-refractivity contribution >= 4 is 11.9 Å². The fourth-order valence-corrected chi connectivity index (χ4v) is 3.67. The number of rotatable bonds is 5. The van der Waals surface area contributed by atoms with E-state index in [9.17, 15) is 14.7 Å². The van der Waals surface area contributed by atoms with E-state index in [1.807, 2.05) is 20.8 Å². The van der Waals surface area contributed by atoms with Crippen LogP contribution in [0.3, 0.4) is 0 Å². The molecule has 1 saturated carbocycles. The third-order valence-electron chi connectivity index (χ3n) is 5.16. The van der Waals surface area contributed by atoms with Gasteiger partial charge < -0.3 is 14.6 Å². The van der Waals surface area contributed by atoms with Crippen LogP contribution in [-0.4, -0.2) is 43.7 Å². The molecule has 0 saturated heterocycles. The van der Waals surface area contributed by atoms with Crippen molar-refractivity contribution in [1.29, 1.82) is 0 Å². The van der Waals surface area contributed by atoms with E-state index in [1.54, 1.807) is 32.2 Å². The van der Waals surface area contributed by atoms with Crippen LogP contribution in [-0.2, 0) is 9.53 Å². The zero-order valence-electron chi connectivity index (χ0n) is 18.6. The van der Waals surface area contributed by atoms with E-state index in [0.717, 1.165) is 25.7 Å². The normalized spacial score (nSPS) is 19.0. The molecule has 2 aromatic rings. The molecule has 1 aliphatic rings. The molecule has 8 nitrogen and oxygen atoms in total. The van der Waals surface area contributed by atoms with Gasteiger partial charge >= 0.3 is 11.9 Å². The lowest BCUT2D eigenvalue weighted by molar-refractivity contribution is -0.161. The highest BCUT2D eigenvalue weighted by molar-refractivity contribution is 5.87. The molecule has 0 radical (unpaired) electrons. The third-order valence-corrected chi connectivity index (χ3v) is 5.16. The Morgan fingerprint density at radius 3 is 2.26 bits per heavy atom. The Labute approximate surface area is 182 Å². The number of carbonyl (C=O) groups excluding carboxylic acids is 1. The zero-order chi connectivity index (χ0) is 22.8. The van der Waals surface area contributed by atoms with Gasteiger partial charge in [-0.1, -0.05) is 0 Å². The summed E-state index contributed by atoms with van der Waals surface area (Å²) in [5, 5.41) is 9.30. The van der Waals surface area contributed by atoms with Crippen molar-refractivity contribution in [3.8, 4) is 17.1 Å². The number of carboxylic acids is 1. The summed E-state index contributed by atoms with van der Waals surface area (Å²) >= 11 is 0. The molecule has 0 aromatic carbocycles. The van der Waals surface area contributed by atoms with Gasteiger partial charge in [0.1, 0.15) is 11.7 Å². The van der Waals surface area contributed by atoms with Crippen molar-refractivity contribution in [2.45, 2.75) is 72.0 Å². The van der Waals surface area contributed by atoms with E-state index in [0.29, 0.717) is 28.5 Å². The van der Waals surface area contributed by atoms with Crippen LogP contribution in [0.25, 0.3) is 11.3 Å². The molecule has 0 atom stereocenters. The standard InChI is InChI=1S/C23H29N3O5/c1-13-19(26-20(21(27)28)14(2)25-13)16-8-11-18(24-12-16)30-17-9-6-15(7-10-17)22(29)31-23(3,4)5/h8,11-12,15,17H,6-7,9-10H2,1-5H3,(H,27,28). The van der Waals surface area contributed by atoms with Gasteiger partial charge in [-0.25, -0.2) is 14.8 Å². The Morgan fingerprint density at radius 1 is 1.03 bits per heavy atom. The second kappa shape index (κ2) is 8.99. The maximum atomic E-state index is 12.2. The zero-order valence-corrected chi connectivity index (χ0v) is 18.6. The molecule has 1 aliphatic carbocycles. The van der Waals surface area contributed by atoms with Gasteiger partial charge in [0.05, 0.1) is 23.0 Å². The van der Waals surface area contributed by atoms with Crippen LogP contribution < -0.4 is 4.74 Å². The van der Waals surface area contributed by atoms with Crippen molar-refractivity contribution in [2.24, 2.45) is 5.92 Å². The molecule has 3 rings (SSSR count). The van der Waals surface area contributed by atoms with E-state index in [4.69, 9.17) is 9.47 Å². The van der Waals surface area contributed by atoms with Crippen LogP contribution in [0, 0.1) is 19.8 Å². The smallest absolute Gasteiger partial charge is 0.356 e. The lowest BCUT2D eigenvalue weighted by Gasteiger charge is -2.29. The molecular weight excluding hydrogens is 398 g/mol. The maximum absolute atomic E-state index is 12.2. The van der Waals surface area contributed by atoms with Gasteiger partial charge in [0.2, 0.25) is 5.88 Å². The number of hydrogen-bond acceptors (Lipinski definition) is 7. The maximum Gasteiger partial charge on any atom is 0.356 e. The highest BCUT2D eigenvalue weighted by atomic mass is 16.6. The number of aromatic nitrogens is 3. The van der Waals surface area contributed by atoms with Crippen LogP contribution in [0.4, 0.5) is 0 Å². The number of nitrogens with zero attached hydrogens (tertiary/aromatic N) is 3. The number of pyridine rings is 1. The first-order chi connectivity index (χ1) is 14.5. The van der Waals surface area contributed by atoms with Crippen LogP contribution in [0.5, 0.6) is 5.88 Å². The summed E-state index contributed by atoms with van der Waals surface area (Å²) in [7, 11) is 0. The van der Waals surface area contributed by atoms with Crippen LogP contribution in [0.15, 0.2) is 18.3 Å². The monoisotopic (exact) mass is 427 g/mol. The average molecular weight is 428 g/mol. The van der Waals surface area contributed by atoms with E-state index in [-0.39, 0.29) is 23.7 Å². The second-order valence-electron chi connectivity index (χ2n) is 8.91. The molecule has 8 heteroatoms. The summed E-state index contributed by atoms with van der Waals surface area (Å²) in [4.78, 5) is 36.5. The molecule has 1 fully saturated rings. The van der Waals surface area contributed by atoms with Gasteiger partial charge in [0, 0.05) is 17.8 Å². The average Bonchev–Trinajstić information content (AvgIpc) is 2.68. The number of esters is 1. The summed E-state index contributed by atoms with van der Waals surface area (Å²) < 4.78 is 11.5. The van der Waals surface area contributed by atoms with Crippen LogP contribution >= 0.6 is 0 Å². The highest BCUT2D eigenvalue weighted by Gasteiger charge is 2.30. The minimum atomic E-state index is -1.11. The molecule has 2 heterocycles. The van der Waals surface area contributed by atoms with Crippen molar-refractivity contribution in [3.05, 3.63) is 35.4 Å². The lowest BCUT2D eigenvalue weighted by Crippen LogP contribution is -2.33. The second-order valence-corrected chi connectivity index (χ2v) is 8.91. The molecule has 31 heavy (non-hydrogen) atoms. The molecule has 0 amide bonds. The molecule has 1 N–H and O–H groups in total. The van der Waals surface area contributed by atoms with Gasteiger partial charge in [-0.2, -0.15) is 0 Å². The third kappa shape index (κ3) is 5.77. The van der Waals surface area contributed by atoms with Crippen molar-refractivity contribution in [2.75, 3.05) is 0 Å². The predicted molar refractivity (Wildman–Crippen MR) is 114 cm³/mol. The largest absolute Gasteiger partial charge is 0.476 e. The number of aromatic carboxylic acids is 1. The molecule has 166 valence electrons. The number of hydrogen-bond donors (Lipinski definition) is 1. The quantitative estimate of drug-likeness (QED) is 0.709. The first kappa shape index (κ1) is 22.7. The fraction of sp³-hybridized carbons (Fsp3) is 0.522. The number of ether oxygens (including phenoxy) is 2. The SMILES string of the molecule is Cc1nc(C)c(-c2ccc(OC3CCC(C(=O)OC(C)(C)C)CC3)nc2)nc1C(=O)O. The first-order valence-electron chi connectivity index (χ1n) is 10.5. The molecule has 0 bridgehead atoms. The topological polar surface area (TPSA) is 112 Å². The molecule has 0 aliphatic heterocycles. The molecule has 0 unspecified atom stereocenters. The minimum Gasteiger partial charge on any atom is -0.476 e. The Morgan fingerprint density at radius 2 is 1.71 bits per heavy atom. The van der Waals surface area contributed by atoms with Gasteiger partial charge in [-0.3, -0.25) is 9.78 Å². The van der Waals surface area contributed by atoms with E-state index in [2.05, 4.69) is 15.0 Å². The first-order valence-corrected chi connectivity index (χ1v) is 10.5. The summed E-state index contributed by atoms with van der Waals surface area (Å²) in [6.45, 7) is 9.04. The van der Waals surface area contributed by atoms with Crippen molar-refractivity contribution in [3.63, 3.8) is 0 Å². The Bertz CT molecular complexity index is 958. The predicted octanol–water partition coefficient (Wildman–Crippen LogP) is 4.13. The minimum absolute atomic E-state index is 0.00319. The van der Waals surface area contributed by atoms with Gasteiger partial charge in [-0.15, -0.1) is 0 Å². The van der Waals surface area contributed by atoms with Crippen LogP contribution in [0.2, 0.25) is 0 Å². The van der Waals surface area contributed by atoms with E-state index in [1.165, 1.54) is 0 Å². The Kier molecular flexibility index (Phi) is 6.57. The Balaban J connectivity index is 1.62. The van der Waals surface area contributed by atoms with E-state index >= 15 is 0 Å².